The van der Waals surface area contributed by atoms with Gasteiger partial charge in [0.25, 0.3) is 0 Å². The second-order valence-corrected chi connectivity index (χ2v) is 3.32. The van der Waals surface area contributed by atoms with Gasteiger partial charge in [-0.2, -0.15) is 5.10 Å². The molecule has 1 aromatic carbocycles. The van der Waals surface area contributed by atoms with Crippen molar-refractivity contribution < 1.29 is 0 Å². The van der Waals surface area contributed by atoms with E-state index < -0.39 is 0 Å². The van der Waals surface area contributed by atoms with E-state index in [0.717, 1.165) is 11.1 Å². The van der Waals surface area contributed by atoms with Gasteiger partial charge >= 0.3 is 0 Å². The normalized spacial score (nSPS) is 9.50. The predicted molar refractivity (Wildman–Crippen MR) is 66.0 cm³/mol. The summed E-state index contributed by atoms with van der Waals surface area (Å²) in [6.07, 6.45) is 3.65. The number of nitrogen functional groups attached to an aromatic ring is 1. The third kappa shape index (κ3) is 2.84. The highest BCUT2D eigenvalue weighted by Gasteiger charge is 1.99. The zero-order valence-electron chi connectivity index (χ0n) is 8.63. The molecule has 4 nitrogen and oxygen atoms in total. The zero-order valence-corrected chi connectivity index (χ0v) is 9.45. The quantitative estimate of drug-likeness (QED) is 0.628. The van der Waals surface area contributed by atoms with Gasteiger partial charge in [0.15, 0.2) is 0 Å². The summed E-state index contributed by atoms with van der Waals surface area (Å²) in [5.41, 5.74) is 7.26. The molecule has 0 saturated carbocycles. The summed E-state index contributed by atoms with van der Waals surface area (Å²) in [6.45, 7) is 0.702. The molecule has 0 amide bonds. The van der Waals surface area contributed by atoms with Crippen molar-refractivity contribution in [3.05, 3.63) is 53.9 Å². The first kappa shape index (κ1) is 12.3. The molecular weight excluding hydrogens is 224 g/mol. The number of hydrogen-bond donors (Lipinski definition) is 2. The van der Waals surface area contributed by atoms with Crippen LogP contribution in [0.4, 0.5) is 0 Å². The van der Waals surface area contributed by atoms with Crippen LogP contribution < -0.4 is 5.73 Å². The molecule has 0 bridgehead atoms. The van der Waals surface area contributed by atoms with Crippen molar-refractivity contribution in [2.75, 3.05) is 0 Å². The maximum atomic E-state index is 7.34. The molecule has 84 valence electrons. The van der Waals surface area contributed by atoms with Crippen molar-refractivity contribution in [2.24, 2.45) is 5.73 Å². The molecule has 0 unspecified atom stereocenters. The lowest BCUT2D eigenvalue weighted by molar-refractivity contribution is 0.687. The highest BCUT2D eigenvalue weighted by Crippen LogP contribution is 2.06. The Hall–Kier alpha value is -1.81. The molecule has 0 aliphatic heterocycles. The van der Waals surface area contributed by atoms with E-state index in [2.05, 4.69) is 5.10 Å². The van der Waals surface area contributed by atoms with Gasteiger partial charge in [-0.05, 0) is 17.7 Å². The van der Waals surface area contributed by atoms with E-state index in [1.165, 1.54) is 0 Å². The molecule has 1 heterocycles. The molecule has 2 rings (SSSR count). The number of rotatable bonds is 3. The average molecular weight is 237 g/mol. The van der Waals surface area contributed by atoms with Crippen molar-refractivity contribution in [3.63, 3.8) is 0 Å². The Balaban J connectivity index is 0.00000128. The standard InChI is InChI=1S/C11H12N4.ClH/c12-11(13)10-4-1-3-9(7-10)8-15-6-2-5-14-15;/h1-7H,8H2,(H3,12,13);1H. The van der Waals surface area contributed by atoms with E-state index in [4.69, 9.17) is 11.1 Å². The van der Waals surface area contributed by atoms with Crippen LogP contribution in [0.2, 0.25) is 0 Å². The Kier molecular flexibility index (Phi) is 4.08. The van der Waals surface area contributed by atoms with Gasteiger partial charge in [-0.1, -0.05) is 18.2 Å². The van der Waals surface area contributed by atoms with Crippen LogP contribution >= 0.6 is 12.4 Å². The van der Waals surface area contributed by atoms with Gasteiger partial charge < -0.3 is 5.73 Å². The number of nitrogens with zero attached hydrogens (tertiary/aromatic N) is 2. The smallest absolute Gasteiger partial charge is 0.122 e. The Morgan fingerprint density at radius 3 is 2.81 bits per heavy atom. The summed E-state index contributed by atoms with van der Waals surface area (Å²) in [5, 5.41) is 11.5. The van der Waals surface area contributed by atoms with Gasteiger partial charge in [0, 0.05) is 18.0 Å². The first-order valence-electron chi connectivity index (χ1n) is 4.66. The third-order valence-corrected chi connectivity index (χ3v) is 2.14. The Morgan fingerprint density at radius 1 is 1.38 bits per heavy atom. The second kappa shape index (κ2) is 5.32. The molecule has 0 spiro atoms. The van der Waals surface area contributed by atoms with E-state index in [1.807, 2.05) is 41.2 Å². The van der Waals surface area contributed by atoms with Crippen molar-refractivity contribution in [1.29, 1.82) is 5.41 Å². The molecule has 5 heteroatoms. The molecule has 0 radical (unpaired) electrons. The first-order chi connectivity index (χ1) is 7.25. The van der Waals surface area contributed by atoms with Crippen LogP contribution in [-0.4, -0.2) is 15.6 Å². The number of benzene rings is 1. The Bertz CT molecular complexity index is 465. The monoisotopic (exact) mass is 236 g/mol. The fourth-order valence-corrected chi connectivity index (χ4v) is 1.42. The van der Waals surface area contributed by atoms with Crippen LogP contribution in [0.5, 0.6) is 0 Å². The number of amidine groups is 1. The summed E-state index contributed by atoms with van der Waals surface area (Å²) >= 11 is 0. The van der Waals surface area contributed by atoms with Crippen molar-refractivity contribution in [1.82, 2.24) is 9.78 Å². The lowest BCUT2D eigenvalue weighted by atomic mass is 10.1. The molecule has 0 atom stereocenters. The minimum atomic E-state index is 0. The second-order valence-electron chi connectivity index (χ2n) is 3.32. The number of aromatic nitrogens is 2. The largest absolute Gasteiger partial charge is 0.384 e. The number of nitrogens with one attached hydrogen (secondary N) is 1. The van der Waals surface area contributed by atoms with E-state index >= 15 is 0 Å². The summed E-state index contributed by atoms with van der Waals surface area (Å²) in [5.74, 6) is 0.0947. The van der Waals surface area contributed by atoms with Crippen molar-refractivity contribution in [3.8, 4) is 0 Å². The van der Waals surface area contributed by atoms with E-state index in [9.17, 15) is 0 Å². The van der Waals surface area contributed by atoms with Gasteiger partial charge in [-0.3, -0.25) is 10.1 Å². The zero-order chi connectivity index (χ0) is 10.7. The van der Waals surface area contributed by atoms with Gasteiger partial charge in [-0.15, -0.1) is 12.4 Å². The van der Waals surface area contributed by atoms with Crippen LogP contribution in [0.1, 0.15) is 11.1 Å². The maximum Gasteiger partial charge on any atom is 0.122 e. The van der Waals surface area contributed by atoms with E-state index in [0.29, 0.717) is 6.54 Å². The SMILES string of the molecule is Cl.N=C(N)c1cccc(Cn2cccn2)c1. The lowest BCUT2D eigenvalue weighted by Crippen LogP contribution is -2.11. The molecule has 16 heavy (non-hydrogen) atoms. The van der Waals surface area contributed by atoms with Crippen LogP contribution in [0, 0.1) is 5.41 Å². The molecule has 0 aliphatic carbocycles. The molecule has 0 aliphatic rings. The highest BCUT2D eigenvalue weighted by atomic mass is 35.5. The van der Waals surface area contributed by atoms with Gasteiger partial charge in [0.2, 0.25) is 0 Å². The minimum absolute atomic E-state index is 0. The van der Waals surface area contributed by atoms with Crippen LogP contribution in [0.3, 0.4) is 0 Å². The third-order valence-electron chi connectivity index (χ3n) is 2.14. The molecule has 1 aromatic heterocycles. The summed E-state index contributed by atoms with van der Waals surface area (Å²) in [7, 11) is 0. The molecule has 0 saturated heterocycles. The van der Waals surface area contributed by atoms with Crippen LogP contribution in [-0.2, 0) is 6.54 Å². The minimum Gasteiger partial charge on any atom is -0.384 e. The summed E-state index contributed by atoms with van der Waals surface area (Å²) in [6, 6.07) is 9.51. The predicted octanol–water partition coefficient (Wildman–Crippen LogP) is 1.64. The van der Waals surface area contributed by atoms with Crippen molar-refractivity contribution >= 4 is 18.2 Å². The van der Waals surface area contributed by atoms with Crippen LogP contribution in [0.25, 0.3) is 0 Å². The number of hydrogen-bond acceptors (Lipinski definition) is 2. The number of halogens is 1. The summed E-state index contributed by atoms with van der Waals surface area (Å²) in [4.78, 5) is 0. The van der Waals surface area contributed by atoms with Crippen LogP contribution in [0.15, 0.2) is 42.7 Å². The maximum absolute atomic E-state index is 7.34. The summed E-state index contributed by atoms with van der Waals surface area (Å²) < 4.78 is 1.83. The first-order valence-corrected chi connectivity index (χ1v) is 4.66. The van der Waals surface area contributed by atoms with E-state index in [-0.39, 0.29) is 18.2 Å². The molecule has 3 N–H and O–H groups in total. The Morgan fingerprint density at radius 2 is 2.19 bits per heavy atom. The lowest BCUT2D eigenvalue weighted by Gasteiger charge is -2.04. The molecular formula is C11H13ClN4. The van der Waals surface area contributed by atoms with Gasteiger partial charge in [-0.25, -0.2) is 0 Å². The number of nitrogens with two attached hydrogens (primary N) is 1. The van der Waals surface area contributed by atoms with Gasteiger partial charge in [0.1, 0.15) is 5.84 Å². The average Bonchev–Trinajstić information content (AvgIpc) is 2.71. The molecule has 2 aromatic rings. The fourth-order valence-electron chi connectivity index (χ4n) is 1.42. The highest BCUT2D eigenvalue weighted by molar-refractivity contribution is 5.95. The fraction of sp³-hybridized carbons (Fsp3) is 0.0909. The van der Waals surface area contributed by atoms with Gasteiger partial charge in [0.05, 0.1) is 6.54 Å². The Labute approximate surface area is 100 Å². The van der Waals surface area contributed by atoms with E-state index in [1.54, 1.807) is 6.20 Å². The molecule has 0 fully saturated rings. The topological polar surface area (TPSA) is 67.7 Å². The van der Waals surface area contributed by atoms with Crippen molar-refractivity contribution in [2.45, 2.75) is 6.54 Å².